The summed E-state index contributed by atoms with van der Waals surface area (Å²) in [6, 6.07) is 9.96. The normalized spacial score (nSPS) is 14.1. The van der Waals surface area contributed by atoms with Gasteiger partial charge >= 0.3 is 0 Å². The van der Waals surface area contributed by atoms with Crippen LogP contribution in [0.3, 0.4) is 0 Å². The molecular weight excluding hydrogens is 369 g/mol. The number of nitrogens with zero attached hydrogens (tertiary/aromatic N) is 2. The third kappa shape index (κ3) is 5.13. The van der Waals surface area contributed by atoms with Gasteiger partial charge in [0.25, 0.3) is 5.91 Å². The Morgan fingerprint density at radius 3 is 2.52 bits per heavy atom. The summed E-state index contributed by atoms with van der Waals surface area (Å²) in [7, 11) is 0. The van der Waals surface area contributed by atoms with Crippen LogP contribution in [0, 0.1) is 5.82 Å². The standard InChI is InChI=1S/C19H20FN3O3S/c20-14-3-1-4-15(11-14)22-6-8-23(9-7-22)18(25)13-21-19(26)17(24)12-16-5-2-10-27-16/h1-5,10-11H,6-9,12-13H2,(H,21,26). The van der Waals surface area contributed by atoms with Gasteiger partial charge in [-0.1, -0.05) is 12.1 Å². The molecule has 1 aliphatic rings. The molecule has 2 aromatic rings. The zero-order valence-corrected chi connectivity index (χ0v) is 15.5. The summed E-state index contributed by atoms with van der Waals surface area (Å²) in [5.41, 5.74) is 0.787. The third-order valence-corrected chi connectivity index (χ3v) is 5.25. The quantitative estimate of drug-likeness (QED) is 0.760. The van der Waals surface area contributed by atoms with E-state index in [4.69, 9.17) is 0 Å². The second-order valence-electron chi connectivity index (χ2n) is 6.21. The molecule has 2 heterocycles. The van der Waals surface area contributed by atoms with Crippen molar-refractivity contribution in [3.8, 4) is 0 Å². The average Bonchev–Trinajstić information content (AvgIpc) is 3.19. The highest BCUT2D eigenvalue weighted by atomic mass is 32.1. The Morgan fingerprint density at radius 2 is 1.85 bits per heavy atom. The minimum absolute atomic E-state index is 0.0456. The lowest BCUT2D eigenvalue weighted by Gasteiger charge is -2.36. The highest BCUT2D eigenvalue weighted by molar-refractivity contribution is 7.10. The van der Waals surface area contributed by atoms with Crippen molar-refractivity contribution in [1.82, 2.24) is 10.2 Å². The largest absolute Gasteiger partial charge is 0.368 e. The lowest BCUT2D eigenvalue weighted by molar-refractivity contribution is -0.139. The van der Waals surface area contributed by atoms with Gasteiger partial charge in [0.1, 0.15) is 5.82 Å². The number of amides is 2. The van der Waals surface area contributed by atoms with E-state index in [1.54, 1.807) is 17.0 Å². The fourth-order valence-electron chi connectivity index (χ4n) is 2.90. The highest BCUT2D eigenvalue weighted by Gasteiger charge is 2.23. The second-order valence-corrected chi connectivity index (χ2v) is 7.24. The summed E-state index contributed by atoms with van der Waals surface area (Å²) in [6.45, 7) is 1.93. The molecule has 1 fully saturated rings. The van der Waals surface area contributed by atoms with Gasteiger partial charge in [0.2, 0.25) is 11.7 Å². The van der Waals surface area contributed by atoms with Crippen LogP contribution in [-0.2, 0) is 20.8 Å². The van der Waals surface area contributed by atoms with Gasteiger partial charge in [-0.15, -0.1) is 11.3 Å². The monoisotopic (exact) mass is 389 g/mol. The maximum atomic E-state index is 13.3. The number of carbonyl (C=O) groups excluding carboxylic acids is 3. The minimum Gasteiger partial charge on any atom is -0.368 e. The van der Waals surface area contributed by atoms with Crippen molar-refractivity contribution in [3.63, 3.8) is 0 Å². The van der Waals surface area contributed by atoms with Crippen LogP contribution < -0.4 is 10.2 Å². The topological polar surface area (TPSA) is 69.7 Å². The number of hydrogen-bond donors (Lipinski definition) is 1. The molecule has 0 aliphatic carbocycles. The van der Waals surface area contributed by atoms with Gasteiger partial charge in [0.05, 0.1) is 13.0 Å². The Kier molecular flexibility index (Phi) is 6.18. The number of ketones is 1. The Morgan fingerprint density at radius 1 is 1.07 bits per heavy atom. The van der Waals surface area contributed by atoms with Crippen molar-refractivity contribution in [1.29, 1.82) is 0 Å². The van der Waals surface area contributed by atoms with E-state index in [0.717, 1.165) is 10.6 Å². The number of nitrogens with one attached hydrogen (secondary N) is 1. The van der Waals surface area contributed by atoms with E-state index < -0.39 is 11.7 Å². The maximum Gasteiger partial charge on any atom is 0.288 e. The van der Waals surface area contributed by atoms with Gasteiger partial charge in [-0.2, -0.15) is 0 Å². The second kappa shape index (κ2) is 8.77. The molecule has 1 aromatic heterocycles. The van der Waals surface area contributed by atoms with E-state index in [1.807, 2.05) is 22.4 Å². The van der Waals surface area contributed by atoms with Crippen molar-refractivity contribution in [2.75, 3.05) is 37.6 Å². The van der Waals surface area contributed by atoms with Crippen molar-refractivity contribution in [3.05, 3.63) is 52.5 Å². The molecule has 0 atom stereocenters. The molecule has 1 aliphatic heterocycles. The van der Waals surface area contributed by atoms with Crippen molar-refractivity contribution in [2.45, 2.75) is 6.42 Å². The van der Waals surface area contributed by atoms with Crippen molar-refractivity contribution >= 4 is 34.6 Å². The lowest BCUT2D eigenvalue weighted by Crippen LogP contribution is -2.51. The molecule has 0 bridgehead atoms. The summed E-state index contributed by atoms with van der Waals surface area (Å²) >= 11 is 1.41. The number of Topliss-reactive ketones (excluding diaryl/α,β-unsaturated/α-hetero) is 1. The van der Waals surface area contributed by atoms with Crippen LogP contribution in [0.5, 0.6) is 0 Å². The van der Waals surface area contributed by atoms with Crippen molar-refractivity contribution in [2.24, 2.45) is 0 Å². The Labute approximate surface area is 160 Å². The number of carbonyl (C=O) groups is 3. The van der Waals surface area contributed by atoms with Gasteiger partial charge in [0.15, 0.2) is 0 Å². The summed E-state index contributed by atoms with van der Waals surface area (Å²) in [5, 5.41) is 4.24. The van der Waals surface area contributed by atoms with Gasteiger partial charge < -0.3 is 15.1 Å². The van der Waals surface area contributed by atoms with E-state index in [9.17, 15) is 18.8 Å². The van der Waals surface area contributed by atoms with Crippen LogP contribution in [-0.4, -0.2) is 55.2 Å². The van der Waals surface area contributed by atoms with Crippen LogP contribution in [0.25, 0.3) is 0 Å². The molecule has 1 aromatic carbocycles. The maximum absolute atomic E-state index is 13.3. The summed E-state index contributed by atoms with van der Waals surface area (Å²) in [5.74, 6) is -1.82. The number of anilines is 1. The van der Waals surface area contributed by atoms with E-state index in [0.29, 0.717) is 26.2 Å². The van der Waals surface area contributed by atoms with Gasteiger partial charge in [-0.3, -0.25) is 14.4 Å². The summed E-state index contributed by atoms with van der Waals surface area (Å²) < 4.78 is 13.3. The first-order valence-electron chi connectivity index (χ1n) is 8.64. The average molecular weight is 389 g/mol. The van der Waals surface area contributed by atoms with Crippen LogP contribution in [0.2, 0.25) is 0 Å². The number of halogens is 1. The Balaban J connectivity index is 1.43. The number of hydrogen-bond acceptors (Lipinski definition) is 5. The molecule has 8 heteroatoms. The molecule has 27 heavy (non-hydrogen) atoms. The summed E-state index contributed by atoms with van der Waals surface area (Å²) in [4.78, 5) is 40.4. The van der Waals surface area contributed by atoms with E-state index in [-0.39, 0.29) is 24.7 Å². The molecule has 2 amide bonds. The highest BCUT2D eigenvalue weighted by Crippen LogP contribution is 2.17. The summed E-state index contributed by atoms with van der Waals surface area (Å²) in [6.07, 6.45) is 0.0456. The molecular formula is C19H20FN3O3S. The molecule has 0 unspecified atom stereocenters. The molecule has 142 valence electrons. The SMILES string of the molecule is O=C(Cc1cccs1)C(=O)NCC(=O)N1CCN(c2cccc(F)c2)CC1. The van der Waals surface area contributed by atoms with Crippen LogP contribution in [0.4, 0.5) is 10.1 Å². The van der Waals surface area contributed by atoms with Crippen molar-refractivity contribution < 1.29 is 18.8 Å². The van der Waals surface area contributed by atoms with Gasteiger partial charge in [0, 0.05) is 36.7 Å². The van der Waals surface area contributed by atoms with E-state index >= 15 is 0 Å². The van der Waals surface area contributed by atoms with Gasteiger partial charge in [-0.25, -0.2) is 4.39 Å². The number of piperazine rings is 1. The fourth-order valence-corrected chi connectivity index (χ4v) is 3.61. The van der Waals surface area contributed by atoms with Crippen LogP contribution in [0.1, 0.15) is 4.88 Å². The smallest absolute Gasteiger partial charge is 0.288 e. The Bertz CT molecular complexity index is 817. The van der Waals surface area contributed by atoms with Crippen LogP contribution >= 0.6 is 11.3 Å². The third-order valence-electron chi connectivity index (χ3n) is 4.37. The zero-order chi connectivity index (χ0) is 19.2. The number of thiophene rings is 1. The van der Waals surface area contributed by atoms with E-state index in [1.165, 1.54) is 23.5 Å². The number of rotatable bonds is 6. The predicted molar refractivity (Wildman–Crippen MR) is 101 cm³/mol. The van der Waals surface area contributed by atoms with E-state index in [2.05, 4.69) is 5.32 Å². The molecule has 1 N–H and O–H groups in total. The zero-order valence-electron chi connectivity index (χ0n) is 14.7. The lowest BCUT2D eigenvalue weighted by atomic mass is 10.2. The molecule has 0 saturated carbocycles. The molecule has 1 saturated heterocycles. The molecule has 0 radical (unpaired) electrons. The number of benzene rings is 1. The molecule has 6 nitrogen and oxygen atoms in total. The predicted octanol–water partition coefficient (Wildman–Crippen LogP) is 1.46. The Hall–Kier alpha value is -2.74. The first kappa shape index (κ1) is 19.0. The first-order chi connectivity index (χ1) is 13.0. The van der Waals surface area contributed by atoms with Gasteiger partial charge in [-0.05, 0) is 29.6 Å². The molecule has 3 rings (SSSR count). The minimum atomic E-state index is -0.741. The fraction of sp³-hybridized carbons (Fsp3) is 0.316. The molecule has 0 spiro atoms. The van der Waals surface area contributed by atoms with Crippen LogP contribution in [0.15, 0.2) is 41.8 Å². The first-order valence-corrected chi connectivity index (χ1v) is 9.52.